The zero-order valence-electron chi connectivity index (χ0n) is 37.4. The topological polar surface area (TPSA) is 0 Å². The van der Waals surface area contributed by atoms with Gasteiger partial charge in [0.1, 0.15) is 0 Å². The highest BCUT2D eigenvalue weighted by Crippen LogP contribution is 2.64. The van der Waals surface area contributed by atoms with Gasteiger partial charge < -0.3 is 0 Å². The molecule has 0 radical (unpaired) electrons. The molecule has 5 aromatic rings. The molecule has 8 aliphatic carbocycles. The summed E-state index contributed by atoms with van der Waals surface area (Å²) in [5, 5.41) is 5.58. The number of rotatable bonds is 8. The van der Waals surface area contributed by atoms with Crippen molar-refractivity contribution in [1.82, 2.24) is 0 Å². The molecule has 0 aromatic heterocycles. The predicted molar refractivity (Wildman–Crippen MR) is 278 cm³/mol. The SMILES string of the molecule is C=CC=CC(CC)C1=CCC(C2C=CC=CC2)C2=C1c1cccc3c1c2cc1c(-c2ccccc2)c2c(c(-c4ccccc4)c13)C1=CC3=C(C=C(C4=CC=CCC4)CC3)C3C=CC=C2C13. The average molecular weight is 835 g/mol. The first-order chi connectivity index (χ1) is 32.2. The zero-order valence-corrected chi connectivity index (χ0v) is 37.4. The third-order valence-electron chi connectivity index (χ3n) is 16.2. The second-order valence-electron chi connectivity index (χ2n) is 19.4. The molecule has 0 heterocycles. The van der Waals surface area contributed by atoms with Crippen molar-refractivity contribution in [2.24, 2.45) is 29.6 Å². The lowest BCUT2D eigenvalue weighted by Gasteiger charge is -2.35. The minimum Gasteiger partial charge on any atom is -0.0991 e. The Morgan fingerprint density at radius 2 is 1.51 bits per heavy atom. The molecule has 8 aliphatic rings. The molecule has 5 atom stereocenters. The van der Waals surface area contributed by atoms with Gasteiger partial charge in [-0.25, -0.2) is 0 Å². The van der Waals surface area contributed by atoms with Crippen molar-refractivity contribution in [1.29, 1.82) is 0 Å². The van der Waals surface area contributed by atoms with Crippen molar-refractivity contribution in [3.05, 3.63) is 239 Å². The van der Waals surface area contributed by atoms with Crippen LogP contribution in [-0.4, -0.2) is 0 Å². The summed E-state index contributed by atoms with van der Waals surface area (Å²) in [6.07, 6.45) is 45.8. The number of allylic oxidation sites excluding steroid dienone is 25. The molecular formula is C65H54. The Kier molecular flexibility index (Phi) is 9.20. The minimum absolute atomic E-state index is 0.269. The molecule has 65 heavy (non-hydrogen) atoms. The van der Waals surface area contributed by atoms with Crippen molar-refractivity contribution in [2.75, 3.05) is 0 Å². The second kappa shape index (κ2) is 15.5. The van der Waals surface area contributed by atoms with Crippen molar-refractivity contribution in [2.45, 2.75) is 51.9 Å². The van der Waals surface area contributed by atoms with Gasteiger partial charge in [-0.3, -0.25) is 0 Å². The first-order valence-electron chi connectivity index (χ1n) is 24.4. The molecule has 13 rings (SSSR count). The molecule has 0 saturated carbocycles. The monoisotopic (exact) mass is 834 g/mol. The summed E-state index contributed by atoms with van der Waals surface area (Å²) in [5.74, 6) is 1.73. The van der Waals surface area contributed by atoms with E-state index < -0.39 is 0 Å². The number of hydrogen-bond donors (Lipinski definition) is 0. The van der Waals surface area contributed by atoms with E-state index in [1.165, 1.54) is 105 Å². The summed E-state index contributed by atoms with van der Waals surface area (Å²) >= 11 is 0. The summed E-state index contributed by atoms with van der Waals surface area (Å²) in [6.45, 7) is 6.42. The summed E-state index contributed by atoms with van der Waals surface area (Å²) < 4.78 is 0. The molecule has 0 N–H and O–H groups in total. The molecular weight excluding hydrogens is 781 g/mol. The first-order valence-corrected chi connectivity index (χ1v) is 24.4. The van der Waals surface area contributed by atoms with Gasteiger partial charge in [-0.1, -0.05) is 190 Å². The van der Waals surface area contributed by atoms with Crippen LogP contribution in [0.1, 0.15) is 74.1 Å². The molecule has 0 bridgehead atoms. The Morgan fingerprint density at radius 3 is 2.28 bits per heavy atom. The Bertz CT molecular complexity index is 3290. The quantitative estimate of drug-likeness (QED) is 0.108. The van der Waals surface area contributed by atoms with Crippen LogP contribution in [0.5, 0.6) is 0 Å². The fourth-order valence-corrected chi connectivity index (χ4v) is 13.4. The van der Waals surface area contributed by atoms with E-state index in [1.807, 2.05) is 6.08 Å². The molecule has 314 valence electrons. The van der Waals surface area contributed by atoms with Crippen LogP contribution in [0.15, 0.2) is 217 Å². The van der Waals surface area contributed by atoms with Crippen LogP contribution >= 0.6 is 0 Å². The summed E-state index contributed by atoms with van der Waals surface area (Å²) in [5.41, 5.74) is 24.8. The summed E-state index contributed by atoms with van der Waals surface area (Å²) in [7, 11) is 0. The molecule has 0 nitrogen and oxygen atoms in total. The second-order valence-corrected chi connectivity index (χ2v) is 19.4. The Balaban J connectivity index is 1.15. The van der Waals surface area contributed by atoms with Gasteiger partial charge in [0.15, 0.2) is 0 Å². The highest BCUT2D eigenvalue weighted by atomic mass is 14.5. The maximum atomic E-state index is 4.07. The lowest BCUT2D eigenvalue weighted by molar-refractivity contribution is 0.490. The highest BCUT2D eigenvalue weighted by molar-refractivity contribution is 6.30. The van der Waals surface area contributed by atoms with Crippen molar-refractivity contribution >= 4 is 43.8 Å². The third-order valence-corrected chi connectivity index (χ3v) is 16.2. The van der Waals surface area contributed by atoms with Gasteiger partial charge in [-0.15, -0.1) is 0 Å². The average Bonchev–Trinajstić information content (AvgIpc) is 3.88. The van der Waals surface area contributed by atoms with Gasteiger partial charge in [0.2, 0.25) is 0 Å². The van der Waals surface area contributed by atoms with Gasteiger partial charge in [0.25, 0.3) is 0 Å². The van der Waals surface area contributed by atoms with Crippen LogP contribution in [0.2, 0.25) is 0 Å². The molecule has 0 amide bonds. The van der Waals surface area contributed by atoms with Crippen LogP contribution < -0.4 is 0 Å². The lowest BCUT2D eigenvalue weighted by atomic mass is 9.68. The highest BCUT2D eigenvalue weighted by Gasteiger charge is 2.46. The molecule has 0 fully saturated rings. The fraction of sp³-hybridized carbons (Fsp3) is 0.200. The van der Waals surface area contributed by atoms with Gasteiger partial charge in [-0.05, 0) is 179 Å². The molecule has 0 aliphatic heterocycles. The third kappa shape index (κ3) is 5.82. The van der Waals surface area contributed by atoms with Crippen molar-refractivity contribution in [3.8, 4) is 22.3 Å². The van der Waals surface area contributed by atoms with E-state index in [0.717, 1.165) is 44.9 Å². The molecule has 0 saturated heterocycles. The van der Waals surface area contributed by atoms with E-state index in [1.54, 1.807) is 11.1 Å². The maximum Gasteiger partial charge on any atom is 0.0206 e. The number of hydrogen-bond acceptors (Lipinski definition) is 0. The first kappa shape index (κ1) is 38.7. The van der Waals surface area contributed by atoms with E-state index >= 15 is 0 Å². The van der Waals surface area contributed by atoms with Gasteiger partial charge in [0.05, 0.1) is 0 Å². The summed E-state index contributed by atoms with van der Waals surface area (Å²) in [6, 6.07) is 32.8. The molecule has 5 unspecified atom stereocenters. The maximum absolute atomic E-state index is 4.07. The standard InChI is InChI=1S/C65H54/c1-3-5-20-40(4-2)47-35-36-48(42-23-12-7-13-24-42)62-56-39-55-57(43-25-14-8-15-26-43)64-52-32-18-29-49-53-37-45(41-21-10-6-11-22-41)33-34-46(53)38-54(59(49)52)65(64)58(44-27-16-9-17-28-44)63(55)51-31-19-30-50(60(51)56)61(47)62/h3,5-10,12-21,23,25-32,35,37-40,42,48-49,59H,1,4,11,22,24,33-34,36H2,2H3. The Morgan fingerprint density at radius 1 is 0.677 bits per heavy atom. The predicted octanol–water partition coefficient (Wildman–Crippen LogP) is 17.3. The van der Waals surface area contributed by atoms with Crippen molar-refractivity contribution in [3.63, 3.8) is 0 Å². The number of fused-ring (bicyclic) bond motifs is 8. The van der Waals surface area contributed by atoms with Crippen LogP contribution in [0.4, 0.5) is 0 Å². The Labute approximate surface area is 384 Å². The zero-order chi connectivity index (χ0) is 43.2. The fourth-order valence-electron chi connectivity index (χ4n) is 13.4. The number of benzene rings is 5. The normalized spacial score (nSPS) is 23.8. The van der Waals surface area contributed by atoms with E-state index in [2.05, 4.69) is 190 Å². The van der Waals surface area contributed by atoms with E-state index in [9.17, 15) is 0 Å². The molecule has 0 spiro atoms. The van der Waals surface area contributed by atoms with Crippen LogP contribution in [-0.2, 0) is 0 Å². The van der Waals surface area contributed by atoms with Crippen LogP contribution in [0, 0.1) is 29.6 Å². The van der Waals surface area contributed by atoms with Crippen LogP contribution in [0.25, 0.3) is 66.1 Å². The molecule has 0 heteroatoms. The minimum atomic E-state index is 0.269. The van der Waals surface area contributed by atoms with E-state index in [-0.39, 0.29) is 5.92 Å². The van der Waals surface area contributed by atoms with E-state index in [0.29, 0.717) is 23.7 Å². The van der Waals surface area contributed by atoms with Gasteiger partial charge in [-0.2, -0.15) is 0 Å². The van der Waals surface area contributed by atoms with Crippen LogP contribution in [0.3, 0.4) is 0 Å². The van der Waals surface area contributed by atoms with Crippen molar-refractivity contribution < 1.29 is 0 Å². The van der Waals surface area contributed by atoms with Gasteiger partial charge in [0, 0.05) is 17.8 Å². The Hall–Kier alpha value is -6.76. The molecule has 5 aromatic carbocycles. The summed E-state index contributed by atoms with van der Waals surface area (Å²) in [4.78, 5) is 0. The largest absolute Gasteiger partial charge is 0.0991 e. The lowest BCUT2D eigenvalue weighted by Crippen LogP contribution is -2.22. The smallest absolute Gasteiger partial charge is 0.0206 e. The van der Waals surface area contributed by atoms with E-state index in [4.69, 9.17) is 0 Å². The van der Waals surface area contributed by atoms with Gasteiger partial charge >= 0.3 is 0 Å².